The fraction of sp³-hybridized carbons (Fsp3) is 0.778. The molecule has 0 bridgehead atoms. The van der Waals surface area contributed by atoms with Crippen molar-refractivity contribution in [3.05, 3.63) is 12.2 Å². The molecule has 0 rings (SSSR count). The minimum absolute atomic E-state index is 0.231. The number of allylic oxidation sites excluding steroid dienone is 1. The second-order valence-electron chi connectivity index (χ2n) is 3.29. The topological polar surface area (TPSA) is 0 Å². The summed E-state index contributed by atoms with van der Waals surface area (Å²) in [5, 5.41) is 0. The summed E-state index contributed by atoms with van der Waals surface area (Å²) >= 11 is 3.58. The van der Waals surface area contributed by atoms with Crippen LogP contribution in [0.5, 0.6) is 0 Å². The molecular formula is C9H17Br. The lowest BCUT2D eigenvalue weighted by atomic mass is 9.81. The van der Waals surface area contributed by atoms with Crippen molar-refractivity contribution in [1.29, 1.82) is 0 Å². The molecule has 60 valence electrons. The predicted molar refractivity (Wildman–Crippen MR) is 51.6 cm³/mol. The molecule has 0 amide bonds. The summed E-state index contributed by atoms with van der Waals surface area (Å²) in [6.07, 6.45) is 1.07. The van der Waals surface area contributed by atoms with Gasteiger partial charge in [0.15, 0.2) is 0 Å². The lowest BCUT2D eigenvalue weighted by molar-refractivity contribution is 0.438. The largest absolute Gasteiger partial charge is 0.0993 e. The monoisotopic (exact) mass is 204 g/mol. The molecule has 0 aromatic heterocycles. The highest BCUT2D eigenvalue weighted by Crippen LogP contribution is 2.34. The first-order valence-electron chi connectivity index (χ1n) is 3.75. The first-order valence-corrected chi connectivity index (χ1v) is 4.66. The predicted octanol–water partition coefficient (Wildman–Crippen LogP) is 3.76. The second kappa shape index (κ2) is 3.56. The molecule has 0 fully saturated rings. The summed E-state index contributed by atoms with van der Waals surface area (Å²) in [6, 6.07) is 0. The van der Waals surface area contributed by atoms with Gasteiger partial charge in [-0.15, -0.1) is 0 Å². The average molecular weight is 205 g/mol. The van der Waals surface area contributed by atoms with Crippen LogP contribution in [0.3, 0.4) is 0 Å². The number of halogens is 1. The molecule has 1 atom stereocenters. The Morgan fingerprint density at radius 1 is 1.60 bits per heavy atom. The van der Waals surface area contributed by atoms with E-state index in [2.05, 4.69) is 50.2 Å². The molecule has 0 aliphatic carbocycles. The van der Waals surface area contributed by atoms with Gasteiger partial charge in [-0.05, 0) is 11.8 Å². The Morgan fingerprint density at radius 3 is 2.10 bits per heavy atom. The molecule has 0 saturated carbocycles. The Balaban J connectivity index is 4.24. The fourth-order valence-corrected chi connectivity index (χ4v) is 1.06. The molecule has 0 spiro atoms. The molecule has 0 radical (unpaired) electrons. The Kier molecular flexibility index (Phi) is 3.64. The Morgan fingerprint density at radius 2 is 2.00 bits per heavy atom. The van der Waals surface area contributed by atoms with Crippen molar-refractivity contribution in [2.24, 2.45) is 5.41 Å². The molecule has 1 heteroatoms. The van der Waals surface area contributed by atoms with Crippen LogP contribution in [0.4, 0.5) is 0 Å². The van der Waals surface area contributed by atoms with Crippen LogP contribution in [0.15, 0.2) is 12.2 Å². The van der Waals surface area contributed by atoms with E-state index in [0.717, 1.165) is 6.42 Å². The van der Waals surface area contributed by atoms with E-state index in [1.165, 1.54) is 5.57 Å². The van der Waals surface area contributed by atoms with Gasteiger partial charge in [-0.3, -0.25) is 0 Å². The number of hydrogen-bond acceptors (Lipinski definition) is 0. The van der Waals surface area contributed by atoms with Crippen LogP contribution in [0.1, 0.15) is 34.1 Å². The fourth-order valence-electron chi connectivity index (χ4n) is 0.737. The van der Waals surface area contributed by atoms with Crippen LogP contribution >= 0.6 is 15.9 Å². The van der Waals surface area contributed by atoms with E-state index in [1.807, 2.05) is 0 Å². The van der Waals surface area contributed by atoms with Crippen molar-refractivity contribution < 1.29 is 0 Å². The first-order chi connectivity index (χ1) is 4.42. The maximum atomic E-state index is 4.04. The quantitative estimate of drug-likeness (QED) is 0.486. The van der Waals surface area contributed by atoms with Gasteiger partial charge in [0.25, 0.3) is 0 Å². The van der Waals surface area contributed by atoms with Crippen molar-refractivity contribution in [3.63, 3.8) is 0 Å². The van der Waals surface area contributed by atoms with Crippen LogP contribution in [0.2, 0.25) is 0 Å². The van der Waals surface area contributed by atoms with Crippen molar-refractivity contribution in [1.82, 2.24) is 0 Å². The Hall–Kier alpha value is 0.220. The SMILES string of the molecule is C=C(CC)C(C)(C)[C@H](C)Br. The zero-order valence-electron chi connectivity index (χ0n) is 7.37. The van der Waals surface area contributed by atoms with Crippen LogP contribution in [0, 0.1) is 5.41 Å². The van der Waals surface area contributed by atoms with Gasteiger partial charge in [-0.2, -0.15) is 0 Å². The van der Waals surface area contributed by atoms with E-state index in [0.29, 0.717) is 4.83 Å². The van der Waals surface area contributed by atoms with E-state index < -0.39 is 0 Å². The van der Waals surface area contributed by atoms with Crippen LogP contribution in [-0.4, -0.2) is 4.83 Å². The van der Waals surface area contributed by atoms with Gasteiger partial charge in [0.05, 0.1) is 0 Å². The molecule has 0 N–H and O–H groups in total. The summed E-state index contributed by atoms with van der Waals surface area (Å²) in [5.74, 6) is 0. The average Bonchev–Trinajstić information content (AvgIpc) is 1.86. The summed E-state index contributed by atoms with van der Waals surface area (Å²) in [4.78, 5) is 0.507. The number of alkyl halides is 1. The first kappa shape index (κ1) is 10.2. The van der Waals surface area contributed by atoms with Gasteiger partial charge < -0.3 is 0 Å². The van der Waals surface area contributed by atoms with Gasteiger partial charge in [0.1, 0.15) is 0 Å². The third-order valence-electron chi connectivity index (χ3n) is 2.33. The summed E-state index contributed by atoms with van der Waals surface area (Å²) in [7, 11) is 0. The van der Waals surface area contributed by atoms with Crippen molar-refractivity contribution in [2.45, 2.75) is 38.9 Å². The smallest absolute Gasteiger partial charge is 0.0205 e. The lowest BCUT2D eigenvalue weighted by Gasteiger charge is -2.29. The second-order valence-corrected chi connectivity index (χ2v) is 4.67. The minimum Gasteiger partial charge on any atom is -0.0993 e. The molecule has 0 heterocycles. The minimum atomic E-state index is 0.231. The highest BCUT2D eigenvalue weighted by Gasteiger charge is 2.25. The highest BCUT2D eigenvalue weighted by atomic mass is 79.9. The van der Waals surface area contributed by atoms with E-state index in [4.69, 9.17) is 0 Å². The van der Waals surface area contributed by atoms with E-state index in [1.54, 1.807) is 0 Å². The van der Waals surface area contributed by atoms with Crippen molar-refractivity contribution in [2.75, 3.05) is 0 Å². The van der Waals surface area contributed by atoms with Gasteiger partial charge in [-0.1, -0.05) is 55.8 Å². The third-order valence-corrected chi connectivity index (χ3v) is 3.48. The van der Waals surface area contributed by atoms with Gasteiger partial charge in [-0.25, -0.2) is 0 Å². The molecule has 0 nitrogen and oxygen atoms in total. The zero-order chi connectivity index (χ0) is 8.36. The normalized spacial score (nSPS) is 14.9. The summed E-state index contributed by atoms with van der Waals surface area (Å²) in [6.45, 7) is 12.8. The van der Waals surface area contributed by atoms with Crippen molar-refractivity contribution in [3.8, 4) is 0 Å². The molecule has 0 unspecified atom stereocenters. The number of hydrogen-bond donors (Lipinski definition) is 0. The van der Waals surface area contributed by atoms with Gasteiger partial charge in [0, 0.05) is 4.83 Å². The van der Waals surface area contributed by atoms with E-state index >= 15 is 0 Å². The van der Waals surface area contributed by atoms with Crippen LogP contribution in [-0.2, 0) is 0 Å². The maximum Gasteiger partial charge on any atom is 0.0205 e. The van der Waals surface area contributed by atoms with Gasteiger partial charge >= 0.3 is 0 Å². The van der Waals surface area contributed by atoms with Gasteiger partial charge in [0.2, 0.25) is 0 Å². The maximum absolute atomic E-state index is 4.04. The molecule has 0 aliphatic heterocycles. The van der Waals surface area contributed by atoms with Crippen LogP contribution in [0.25, 0.3) is 0 Å². The van der Waals surface area contributed by atoms with Crippen LogP contribution < -0.4 is 0 Å². The summed E-state index contributed by atoms with van der Waals surface area (Å²) < 4.78 is 0. The molecule has 0 aliphatic rings. The molecule has 0 saturated heterocycles. The summed E-state index contributed by atoms with van der Waals surface area (Å²) in [5.41, 5.74) is 1.55. The van der Waals surface area contributed by atoms with Crippen molar-refractivity contribution >= 4 is 15.9 Å². The molecule has 0 aromatic rings. The van der Waals surface area contributed by atoms with E-state index in [-0.39, 0.29) is 5.41 Å². The molecule has 10 heavy (non-hydrogen) atoms. The Bertz CT molecular complexity index is 123. The Labute approximate surface area is 72.8 Å². The zero-order valence-corrected chi connectivity index (χ0v) is 8.96. The third kappa shape index (κ3) is 2.12. The lowest BCUT2D eigenvalue weighted by Crippen LogP contribution is -2.23. The van der Waals surface area contributed by atoms with E-state index in [9.17, 15) is 0 Å². The highest BCUT2D eigenvalue weighted by molar-refractivity contribution is 9.09. The molecule has 0 aromatic carbocycles. The standard InChI is InChI=1S/C9H17Br/c1-6-7(2)9(4,5)8(3)10/h8H,2,6H2,1,3-5H3/t8-/m0/s1. The number of rotatable bonds is 3. The molecular weight excluding hydrogens is 188 g/mol.